The number of rotatable bonds is 5. The predicted octanol–water partition coefficient (Wildman–Crippen LogP) is 1.72. The van der Waals surface area contributed by atoms with Crippen LogP contribution in [0.15, 0.2) is 30.3 Å². The van der Waals surface area contributed by atoms with Crippen LogP contribution in [-0.2, 0) is 4.74 Å². The van der Waals surface area contributed by atoms with Gasteiger partial charge in [0.25, 0.3) is 0 Å². The number of hydrogen-bond donors (Lipinski definition) is 0. The molecule has 2 saturated heterocycles. The number of methoxy groups -OCH3 is 1. The smallest absolute Gasteiger partial charge is 0.118 e. The highest BCUT2D eigenvalue weighted by atomic mass is 16.5. The summed E-state index contributed by atoms with van der Waals surface area (Å²) >= 11 is 0. The molecule has 0 radical (unpaired) electrons. The van der Waals surface area contributed by atoms with E-state index < -0.39 is 0 Å². The van der Waals surface area contributed by atoms with Gasteiger partial charge < -0.3 is 9.47 Å². The van der Waals surface area contributed by atoms with Gasteiger partial charge in [0.1, 0.15) is 5.75 Å². The molecular weight excluding hydrogens is 264 g/mol. The van der Waals surface area contributed by atoms with E-state index in [-0.39, 0.29) is 0 Å². The zero-order chi connectivity index (χ0) is 14.5. The first-order chi connectivity index (χ1) is 10.3. The number of ether oxygens (including phenoxy) is 2. The van der Waals surface area contributed by atoms with E-state index >= 15 is 0 Å². The highest BCUT2D eigenvalue weighted by Crippen LogP contribution is 2.17. The van der Waals surface area contributed by atoms with E-state index in [1.165, 1.54) is 18.7 Å². The van der Waals surface area contributed by atoms with Gasteiger partial charge in [0.2, 0.25) is 0 Å². The molecule has 2 heterocycles. The predicted molar refractivity (Wildman–Crippen MR) is 84.6 cm³/mol. The maximum Gasteiger partial charge on any atom is 0.118 e. The standard InChI is InChI=1S/C17H24N2O2/c1-20-17-6-4-15(5-7-17)3-2-8-18-13-16(14-18)19-9-11-21-12-10-19/h2-7,16H,8-14H2,1H3/b3-2+. The van der Waals surface area contributed by atoms with Crippen molar-refractivity contribution >= 4 is 6.08 Å². The van der Waals surface area contributed by atoms with Gasteiger partial charge in [0, 0.05) is 38.8 Å². The largest absolute Gasteiger partial charge is 0.497 e. The molecule has 2 aliphatic rings. The molecule has 0 unspecified atom stereocenters. The van der Waals surface area contributed by atoms with Crippen LogP contribution in [0.4, 0.5) is 0 Å². The van der Waals surface area contributed by atoms with E-state index in [1.807, 2.05) is 12.1 Å². The Kier molecular flexibility index (Phi) is 4.91. The van der Waals surface area contributed by atoms with Crippen LogP contribution >= 0.6 is 0 Å². The number of morpholine rings is 1. The Labute approximate surface area is 126 Å². The van der Waals surface area contributed by atoms with Gasteiger partial charge in [-0.05, 0) is 17.7 Å². The lowest BCUT2D eigenvalue weighted by Crippen LogP contribution is -2.61. The van der Waals surface area contributed by atoms with Crippen molar-refractivity contribution < 1.29 is 9.47 Å². The number of likely N-dealkylation sites (tertiary alicyclic amines) is 1. The van der Waals surface area contributed by atoms with Crippen LogP contribution in [0.1, 0.15) is 5.56 Å². The van der Waals surface area contributed by atoms with Gasteiger partial charge in [0.15, 0.2) is 0 Å². The van der Waals surface area contributed by atoms with Gasteiger partial charge >= 0.3 is 0 Å². The van der Waals surface area contributed by atoms with Crippen molar-refractivity contribution in [3.63, 3.8) is 0 Å². The lowest BCUT2D eigenvalue weighted by atomic mass is 10.1. The summed E-state index contributed by atoms with van der Waals surface area (Å²) in [4.78, 5) is 5.05. The second-order valence-electron chi connectivity index (χ2n) is 5.70. The average Bonchev–Trinajstić information content (AvgIpc) is 2.51. The summed E-state index contributed by atoms with van der Waals surface area (Å²) in [7, 11) is 1.69. The Hall–Kier alpha value is -1.36. The highest BCUT2D eigenvalue weighted by Gasteiger charge is 2.31. The summed E-state index contributed by atoms with van der Waals surface area (Å²) in [5.74, 6) is 0.906. The molecule has 0 atom stereocenters. The summed E-state index contributed by atoms with van der Waals surface area (Å²) in [6.45, 7) is 7.40. The maximum absolute atomic E-state index is 5.40. The Morgan fingerprint density at radius 1 is 1.19 bits per heavy atom. The lowest BCUT2D eigenvalue weighted by Gasteiger charge is -2.46. The molecule has 21 heavy (non-hydrogen) atoms. The van der Waals surface area contributed by atoms with E-state index in [0.29, 0.717) is 0 Å². The minimum absolute atomic E-state index is 0.739. The summed E-state index contributed by atoms with van der Waals surface area (Å²) < 4.78 is 10.6. The van der Waals surface area contributed by atoms with Crippen LogP contribution in [-0.4, -0.2) is 68.9 Å². The van der Waals surface area contributed by atoms with Crippen LogP contribution in [0.3, 0.4) is 0 Å². The van der Waals surface area contributed by atoms with Gasteiger partial charge in [0.05, 0.1) is 20.3 Å². The molecule has 4 nitrogen and oxygen atoms in total. The number of benzene rings is 1. The molecule has 0 bridgehead atoms. The first-order valence-corrected chi connectivity index (χ1v) is 7.70. The van der Waals surface area contributed by atoms with Crippen LogP contribution < -0.4 is 4.74 Å². The molecule has 4 heteroatoms. The minimum Gasteiger partial charge on any atom is -0.497 e. The fourth-order valence-electron chi connectivity index (χ4n) is 2.92. The third-order valence-corrected chi connectivity index (χ3v) is 4.29. The van der Waals surface area contributed by atoms with E-state index in [0.717, 1.165) is 44.6 Å². The van der Waals surface area contributed by atoms with Crippen molar-refractivity contribution in [2.24, 2.45) is 0 Å². The zero-order valence-corrected chi connectivity index (χ0v) is 12.7. The molecule has 0 spiro atoms. The Balaban J connectivity index is 1.39. The fraction of sp³-hybridized carbons (Fsp3) is 0.529. The second kappa shape index (κ2) is 7.07. The Bertz CT molecular complexity index is 460. The van der Waals surface area contributed by atoms with Gasteiger partial charge in [-0.25, -0.2) is 0 Å². The molecule has 3 rings (SSSR count). The van der Waals surface area contributed by atoms with Crippen molar-refractivity contribution in [3.05, 3.63) is 35.9 Å². The van der Waals surface area contributed by atoms with Crippen molar-refractivity contribution in [2.45, 2.75) is 6.04 Å². The van der Waals surface area contributed by atoms with Gasteiger partial charge in [-0.1, -0.05) is 24.3 Å². The SMILES string of the molecule is COc1ccc(/C=C/CN2CC(N3CCOCC3)C2)cc1. The second-order valence-corrected chi connectivity index (χ2v) is 5.70. The fourth-order valence-corrected chi connectivity index (χ4v) is 2.92. The van der Waals surface area contributed by atoms with E-state index in [9.17, 15) is 0 Å². The molecule has 1 aromatic rings. The summed E-state index contributed by atoms with van der Waals surface area (Å²) in [6, 6.07) is 8.91. The van der Waals surface area contributed by atoms with Crippen molar-refractivity contribution in [3.8, 4) is 5.75 Å². The average molecular weight is 288 g/mol. The molecule has 114 valence electrons. The Morgan fingerprint density at radius 2 is 1.90 bits per heavy atom. The van der Waals surface area contributed by atoms with Crippen LogP contribution in [0, 0.1) is 0 Å². The van der Waals surface area contributed by atoms with E-state index in [4.69, 9.17) is 9.47 Å². The van der Waals surface area contributed by atoms with Crippen molar-refractivity contribution in [1.82, 2.24) is 9.80 Å². The molecule has 1 aromatic carbocycles. The van der Waals surface area contributed by atoms with E-state index in [1.54, 1.807) is 7.11 Å². The molecule has 2 fully saturated rings. The third kappa shape index (κ3) is 3.84. The monoisotopic (exact) mass is 288 g/mol. The third-order valence-electron chi connectivity index (χ3n) is 4.29. The van der Waals surface area contributed by atoms with Gasteiger partial charge in [-0.15, -0.1) is 0 Å². The normalized spacial score (nSPS) is 21.6. The molecule has 2 aliphatic heterocycles. The number of nitrogens with zero attached hydrogens (tertiary/aromatic N) is 2. The minimum atomic E-state index is 0.739. The maximum atomic E-state index is 5.40. The molecular formula is C17H24N2O2. The molecule has 0 saturated carbocycles. The summed E-state index contributed by atoms with van der Waals surface area (Å²) in [6.07, 6.45) is 4.43. The Morgan fingerprint density at radius 3 is 2.57 bits per heavy atom. The lowest BCUT2D eigenvalue weighted by molar-refractivity contribution is -0.0286. The van der Waals surface area contributed by atoms with Crippen LogP contribution in [0.2, 0.25) is 0 Å². The summed E-state index contributed by atoms with van der Waals surface area (Å²) in [5.41, 5.74) is 1.22. The summed E-state index contributed by atoms with van der Waals surface area (Å²) in [5, 5.41) is 0. The van der Waals surface area contributed by atoms with Gasteiger partial charge in [-0.2, -0.15) is 0 Å². The quantitative estimate of drug-likeness (QED) is 0.824. The van der Waals surface area contributed by atoms with Gasteiger partial charge in [-0.3, -0.25) is 9.80 Å². The van der Waals surface area contributed by atoms with Crippen molar-refractivity contribution in [2.75, 3.05) is 53.0 Å². The first-order valence-electron chi connectivity index (χ1n) is 7.70. The molecule has 0 amide bonds. The highest BCUT2D eigenvalue weighted by molar-refractivity contribution is 5.50. The number of hydrogen-bond acceptors (Lipinski definition) is 4. The zero-order valence-electron chi connectivity index (χ0n) is 12.7. The molecule has 0 aromatic heterocycles. The van der Waals surface area contributed by atoms with Crippen LogP contribution in [0.25, 0.3) is 6.08 Å². The molecule has 0 N–H and O–H groups in total. The van der Waals surface area contributed by atoms with Crippen LogP contribution in [0.5, 0.6) is 5.75 Å². The topological polar surface area (TPSA) is 24.9 Å². The first kappa shape index (κ1) is 14.6. The molecule has 0 aliphatic carbocycles. The van der Waals surface area contributed by atoms with E-state index in [2.05, 4.69) is 34.1 Å². The van der Waals surface area contributed by atoms with Crippen molar-refractivity contribution in [1.29, 1.82) is 0 Å².